The van der Waals surface area contributed by atoms with Crippen molar-refractivity contribution in [1.29, 1.82) is 0 Å². The molecule has 0 aromatic heterocycles. The summed E-state index contributed by atoms with van der Waals surface area (Å²) in [5, 5.41) is 2.86. The van der Waals surface area contributed by atoms with Crippen molar-refractivity contribution in [2.24, 2.45) is 5.92 Å². The molecule has 0 aliphatic rings. The van der Waals surface area contributed by atoms with Gasteiger partial charge >= 0.3 is 0 Å². The molecular formula is C19H30N2O4. The minimum absolute atomic E-state index is 0.0460. The molecule has 0 spiro atoms. The van der Waals surface area contributed by atoms with Crippen LogP contribution in [0.3, 0.4) is 0 Å². The Labute approximate surface area is 150 Å². The third-order valence-corrected chi connectivity index (χ3v) is 3.96. The average molecular weight is 350 g/mol. The normalized spacial score (nSPS) is 11.9. The molecule has 25 heavy (non-hydrogen) atoms. The number of benzene rings is 1. The molecule has 6 nitrogen and oxygen atoms in total. The molecule has 0 saturated carbocycles. The number of ether oxygens (including phenoxy) is 2. The summed E-state index contributed by atoms with van der Waals surface area (Å²) in [5.41, 5.74) is 0.953. The molecule has 1 atom stereocenters. The zero-order valence-electron chi connectivity index (χ0n) is 15.9. The first-order chi connectivity index (χ1) is 11.9. The van der Waals surface area contributed by atoms with Gasteiger partial charge in [0.2, 0.25) is 11.8 Å². The highest BCUT2D eigenvalue weighted by Gasteiger charge is 2.27. The highest BCUT2D eigenvalue weighted by atomic mass is 16.5. The fourth-order valence-electron chi connectivity index (χ4n) is 2.38. The predicted molar refractivity (Wildman–Crippen MR) is 97.3 cm³/mol. The molecule has 0 aliphatic heterocycles. The molecule has 1 aromatic rings. The lowest BCUT2D eigenvalue weighted by Crippen LogP contribution is -2.49. The number of hydrogen-bond donors (Lipinski definition) is 1. The van der Waals surface area contributed by atoms with Gasteiger partial charge in [-0.2, -0.15) is 0 Å². The molecule has 2 amide bonds. The van der Waals surface area contributed by atoms with Crippen molar-refractivity contribution < 1.29 is 19.1 Å². The summed E-state index contributed by atoms with van der Waals surface area (Å²) in [6, 6.07) is 6.97. The van der Waals surface area contributed by atoms with Crippen molar-refractivity contribution >= 4 is 11.8 Å². The second-order valence-electron chi connectivity index (χ2n) is 6.28. The van der Waals surface area contributed by atoms with Gasteiger partial charge in [-0.1, -0.05) is 26.0 Å². The summed E-state index contributed by atoms with van der Waals surface area (Å²) in [5.74, 6) is 0.380. The minimum atomic E-state index is -0.542. The van der Waals surface area contributed by atoms with Crippen molar-refractivity contribution in [3.63, 3.8) is 0 Å². The Kier molecular flexibility index (Phi) is 8.99. The summed E-state index contributed by atoms with van der Waals surface area (Å²) in [4.78, 5) is 26.6. The second-order valence-corrected chi connectivity index (χ2v) is 6.28. The number of carbonyl (C=O) groups is 2. The van der Waals surface area contributed by atoms with Gasteiger partial charge in [0.1, 0.15) is 11.8 Å². The summed E-state index contributed by atoms with van der Waals surface area (Å²) < 4.78 is 10.1. The van der Waals surface area contributed by atoms with Crippen molar-refractivity contribution in [1.82, 2.24) is 10.2 Å². The van der Waals surface area contributed by atoms with E-state index < -0.39 is 6.04 Å². The van der Waals surface area contributed by atoms with Crippen LogP contribution < -0.4 is 10.1 Å². The van der Waals surface area contributed by atoms with Crippen LogP contribution in [-0.4, -0.2) is 50.1 Å². The van der Waals surface area contributed by atoms with E-state index in [9.17, 15) is 9.59 Å². The summed E-state index contributed by atoms with van der Waals surface area (Å²) in [6.07, 6.45) is 0.742. The van der Waals surface area contributed by atoms with E-state index in [-0.39, 0.29) is 17.7 Å². The molecule has 0 radical (unpaired) electrons. The maximum atomic E-state index is 12.6. The molecule has 1 N–H and O–H groups in total. The molecule has 1 aromatic carbocycles. The van der Waals surface area contributed by atoms with Crippen LogP contribution in [0.5, 0.6) is 5.75 Å². The third kappa shape index (κ3) is 6.74. The number of amides is 2. The maximum Gasteiger partial charge on any atom is 0.242 e. The monoisotopic (exact) mass is 350 g/mol. The van der Waals surface area contributed by atoms with E-state index in [2.05, 4.69) is 5.32 Å². The second kappa shape index (κ2) is 10.7. The van der Waals surface area contributed by atoms with Gasteiger partial charge in [0, 0.05) is 32.7 Å². The Bertz CT molecular complexity index is 543. The third-order valence-electron chi connectivity index (χ3n) is 3.96. The molecule has 6 heteroatoms. The van der Waals surface area contributed by atoms with Crippen LogP contribution in [0.1, 0.15) is 32.8 Å². The van der Waals surface area contributed by atoms with E-state index in [1.54, 1.807) is 26.0 Å². The lowest BCUT2D eigenvalue weighted by molar-refractivity contribution is -0.143. The first-order valence-electron chi connectivity index (χ1n) is 8.60. The fourth-order valence-corrected chi connectivity index (χ4v) is 2.38. The fraction of sp³-hybridized carbons (Fsp3) is 0.579. The summed E-state index contributed by atoms with van der Waals surface area (Å²) in [6.45, 7) is 6.95. The highest BCUT2D eigenvalue weighted by molar-refractivity contribution is 5.88. The van der Waals surface area contributed by atoms with Crippen LogP contribution in [0.15, 0.2) is 24.3 Å². The number of hydrogen-bond acceptors (Lipinski definition) is 4. The van der Waals surface area contributed by atoms with E-state index in [4.69, 9.17) is 9.47 Å². The van der Waals surface area contributed by atoms with E-state index in [1.165, 1.54) is 0 Å². The number of nitrogens with one attached hydrogen (secondary N) is 1. The number of methoxy groups -OCH3 is 2. The summed E-state index contributed by atoms with van der Waals surface area (Å²) >= 11 is 0. The standard InChI is InChI=1S/C19H30N2O4/c1-14(2)19(23)21(13-16-7-9-17(25-5)10-8-16)15(3)18(22)20-11-6-12-24-4/h7-10,14-15H,6,11-13H2,1-5H3,(H,20,22). The Hall–Kier alpha value is -2.08. The summed E-state index contributed by atoms with van der Waals surface area (Å²) in [7, 11) is 3.24. The van der Waals surface area contributed by atoms with E-state index in [0.717, 1.165) is 17.7 Å². The number of rotatable bonds is 10. The van der Waals surface area contributed by atoms with Crippen LogP contribution in [0.2, 0.25) is 0 Å². The Morgan fingerprint density at radius 3 is 2.28 bits per heavy atom. The zero-order valence-corrected chi connectivity index (χ0v) is 15.9. The molecule has 0 aliphatic carbocycles. The Morgan fingerprint density at radius 1 is 1.12 bits per heavy atom. The van der Waals surface area contributed by atoms with Crippen molar-refractivity contribution in [2.45, 2.75) is 39.8 Å². The zero-order chi connectivity index (χ0) is 18.8. The molecule has 140 valence electrons. The van der Waals surface area contributed by atoms with Gasteiger partial charge in [-0.3, -0.25) is 9.59 Å². The van der Waals surface area contributed by atoms with Crippen LogP contribution in [0.25, 0.3) is 0 Å². The van der Waals surface area contributed by atoms with Gasteiger partial charge in [-0.05, 0) is 31.0 Å². The average Bonchev–Trinajstić information content (AvgIpc) is 2.62. The Morgan fingerprint density at radius 2 is 1.76 bits per heavy atom. The van der Waals surface area contributed by atoms with Gasteiger partial charge in [-0.15, -0.1) is 0 Å². The van der Waals surface area contributed by atoms with Gasteiger partial charge < -0.3 is 19.7 Å². The van der Waals surface area contributed by atoms with Crippen LogP contribution in [0, 0.1) is 5.92 Å². The molecular weight excluding hydrogens is 320 g/mol. The molecule has 0 fully saturated rings. The Balaban J connectivity index is 2.80. The van der Waals surface area contributed by atoms with Crippen LogP contribution in [-0.2, 0) is 20.9 Å². The van der Waals surface area contributed by atoms with Gasteiger partial charge in [-0.25, -0.2) is 0 Å². The SMILES string of the molecule is COCCCNC(=O)C(C)N(Cc1ccc(OC)cc1)C(=O)C(C)C. The highest BCUT2D eigenvalue weighted by Crippen LogP contribution is 2.16. The molecule has 0 bridgehead atoms. The van der Waals surface area contributed by atoms with E-state index in [0.29, 0.717) is 19.7 Å². The minimum Gasteiger partial charge on any atom is -0.497 e. The van der Waals surface area contributed by atoms with E-state index in [1.807, 2.05) is 38.1 Å². The lowest BCUT2D eigenvalue weighted by Gasteiger charge is -2.30. The molecule has 0 heterocycles. The van der Waals surface area contributed by atoms with E-state index >= 15 is 0 Å². The quantitative estimate of drug-likeness (QED) is 0.657. The largest absolute Gasteiger partial charge is 0.497 e. The van der Waals surface area contributed by atoms with Crippen molar-refractivity contribution in [2.75, 3.05) is 27.4 Å². The maximum absolute atomic E-state index is 12.6. The number of nitrogens with zero attached hydrogens (tertiary/aromatic N) is 1. The van der Waals surface area contributed by atoms with Crippen LogP contribution >= 0.6 is 0 Å². The predicted octanol–water partition coefficient (Wildman–Crippen LogP) is 2.22. The topological polar surface area (TPSA) is 67.9 Å². The van der Waals surface area contributed by atoms with Gasteiger partial charge in [0.05, 0.1) is 7.11 Å². The van der Waals surface area contributed by atoms with Crippen LogP contribution in [0.4, 0.5) is 0 Å². The number of carbonyl (C=O) groups excluding carboxylic acids is 2. The lowest BCUT2D eigenvalue weighted by atomic mass is 10.1. The molecule has 1 rings (SSSR count). The smallest absolute Gasteiger partial charge is 0.242 e. The molecule has 0 saturated heterocycles. The van der Waals surface area contributed by atoms with Crippen molar-refractivity contribution in [3.8, 4) is 5.75 Å². The van der Waals surface area contributed by atoms with Gasteiger partial charge in [0.25, 0.3) is 0 Å². The van der Waals surface area contributed by atoms with Gasteiger partial charge in [0.15, 0.2) is 0 Å². The van der Waals surface area contributed by atoms with Crippen molar-refractivity contribution in [3.05, 3.63) is 29.8 Å². The first kappa shape index (κ1) is 21.0. The molecule has 1 unspecified atom stereocenters. The first-order valence-corrected chi connectivity index (χ1v) is 8.60.